The van der Waals surface area contributed by atoms with Gasteiger partial charge in [-0.2, -0.15) is 5.01 Å². The van der Waals surface area contributed by atoms with Crippen molar-refractivity contribution in [1.82, 2.24) is 10.4 Å². The standard InChI is InChI=1S/C21H17N3O4S2/c1-2-11-23-14-9-5-3-7-12(14)16(19(23)27)17-20(28)24(21(29)30-17)22-18(26)13-8-4-6-10-15(13)25/h3-10,25H,2,11H2,1H3,(H,22,26)/b17-16+. The maximum atomic E-state index is 13.1. The summed E-state index contributed by atoms with van der Waals surface area (Å²) in [6.45, 7) is 2.51. The summed E-state index contributed by atoms with van der Waals surface area (Å²) in [5, 5.41) is 10.8. The molecule has 1 saturated heterocycles. The van der Waals surface area contributed by atoms with Gasteiger partial charge in [0.05, 0.1) is 21.7 Å². The molecule has 2 aliphatic heterocycles. The first-order chi connectivity index (χ1) is 14.4. The van der Waals surface area contributed by atoms with E-state index in [-0.39, 0.29) is 32.0 Å². The van der Waals surface area contributed by atoms with Crippen LogP contribution >= 0.6 is 24.0 Å². The number of hydrogen-bond acceptors (Lipinski definition) is 6. The Morgan fingerprint density at radius 1 is 1.10 bits per heavy atom. The summed E-state index contributed by atoms with van der Waals surface area (Å²) >= 11 is 6.25. The lowest BCUT2D eigenvalue weighted by atomic mass is 10.1. The minimum Gasteiger partial charge on any atom is -0.507 e. The zero-order valence-electron chi connectivity index (χ0n) is 15.9. The van der Waals surface area contributed by atoms with Gasteiger partial charge in [-0.05, 0) is 36.8 Å². The topological polar surface area (TPSA) is 90.0 Å². The Bertz CT molecular complexity index is 1130. The van der Waals surface area contributed by atoms with Crippen molar-refractivity contribution in [1.29, 1.82) is 0 Å². The molecule has 0 radical (unpaired) electrons. The highest BCUT2D eigenvalue weighted by Gasteiger charge is 2.42. The highest BCUT2D eigenvalue weighted by Crippen LogP contribution is 2.44. The molecule has 2 aromatic carbocycles. The number of fused-ring (bicyclic) bond motifs is 1. The van der Waals surface area contributed by atoms with Crippen LogP contribution in [0.3, 0.4) is 0 Å². The summed E-state index contributed by atoms with van der Waals surface area (Å²) in [4.78, 5) is 40.5. The lowest BCUT2D eigenvalue weighted by Crippen LogP contribution is -2.45. The van der Waals surface area contributed by atoms with E-state index in [1.54, 1.807) is 23.1 Å². The summed E-state index contributed by atoms with van der Waals surface area (Å²) in [7, 11) is 0. The molecule has 30 heavy (non-hydrogen) atoms. The monoisotopic (exact) mass is 439 g/mol. The van der Waals surface area contributed by atoms with Gasteiger partial charge in [-0.15, -0.1) is 0 Å². The molecule has 2 N–H and O–H groups in total. The average molecular weight is 440 g/mol. The predicted molar refractivity (Wildman–Crippen MR) is 119 cm³/mol. The number of para-hydroxylation sites is 2. The third kappa shape index (κ3) is 3.25. The van der Waals surface area contributed by atoms with Gasteiger partial charge in [-0.3, -0.25) is 19.8 Å². The number of carbonyl (C=O) groups excluding carboxylic acids is 3. The number of carbonyl (C=O) groups is 3. The van der Waals surface area contributed by atoms with Crippen molar-refractivity contribution >= 4 is 57.3 Å². The van der Waals surface area contributed by atoms with Crippen molar-refractivity contribution in [2.75, 3.05) is 11.4 Å². The Hall–Kier alpha value is -3.17. The summed E-state index contributed by atoms with van der Waals surface area (Å²) in [6.07, 6.45) is 0.769. The maximum absolute atomic E-state index is 13.1. The minimum absolute atomic E-state index is 0.00983. The third-order valence-electron chi connectivity index (χ3n) is 4.73. The molecule has 152 valence electrons. The first-order valence-electron chi connectivity index (χ1n) is 9.24. The van der Waals surface area contributed by atoms with Crippen molar-refractivity contribution in [2.45, 2.75) is 13.3 Å². The van der Waals surface area contributed by atoms with E-state index >= 15 is 0 Å². The van der Waals surface area contributed by atoms with Crippen molar-refractivity contribution in [3.63, 3.8) is 0 Å². The Kier molecular flexibility index (Phi) is 5.31. The number of amides is 3. The second kappa shape index (κ2) is 7.92. The van der Waals surface area contributed by atoms with Gasteiger partial charge in [-0.1, -0.05) is 49.0 Å². The number of hydrogen-bond donors (Lipinski definition) is 2. The number of nitrogens with zero attached hydrogens (tertiary/aromatic N) is 2. The molecule has 0 unspecified atom stereocenters. The number of rotatable bonds is 4. The molecular formula is C21H17N3O4S2. The molecule has 2 heterocycles. The van der Waals surface area contributed by atoms with E-state index in [2.05, 4.69) is 5.43 Å². The molecule has 4 rings (SSSR count). The van der Waals surface area contributed by atoms with Crippen molar-refractivity contribution in [2.24, 2.45) is 0 Å². The Labute approximate surface area is 182 Å². The van der Waals surface area contributed by atoms with Crippen LogP contribution in [-0.4, -0.2) is 38.7 Å². The molecule has 0 aromatic heterocycles. The molecule has 3 amide bonds. The molecule has 0 atom stereocenters. The van der Waals surface area contributed by atoms with E-state index < -0.39 is 11.8 Å². The normalized spacial score (nSPS) is 18.2. The van der Waals surface area contributed by atoms with Gasteiger partial charge in [0.15, 0.2) is 4.32 Å². The molecule has 0 bridgehead atoms. The van der Waals surface area contributed by atoms with Gasteiger partial charge in [0, 0.05) is 12.1 Å². The number of aromatic hydroxyl groups is 1. The average Bonchev–Trinajstić information content (AvgIpc) is 3.16. The lowest BCUT2D eigenvalue weighted by Gasteiger charge is -2.16. The van der Waals surface area contributed by atoms with Gasteiger partial charge in [0.2, 0.25) is 0 Å². The third-order valence-corrected chi connectivity index (χ3v) is 6.10. The van der Waals surface area contributed by atoms with Crippen LogP contribution in [0.1, 0.15) is 29.3 Å². The number of thioether (sulfide) groups is 1. The summed E-state index contributed by atoms with van der Waals surface area (Å²) < 4.78 is 0.102. The number of anilines is 1. The fourth-order valence-electron chi connectivity index (χ4n) is 3.39. The number of hydrazine groups is 1. The lowest BCUT2D eigenvalue weighted by molar-refractivity contribution is -0.124. The Morgan fingerprint density at radius 3 is 2.53 bits per heavy atom. The van der Waals surface area contributed by atoms with Crippen LogP contribution in [-0.2, 0) is 9.59 Å². The first-order valence-corrected chi connectivity index (χ1v) is 10.5. The van der Waals surface area contributed by atoms with Crippen LogP contribution < -0.4 is 10.3 Å². The van der Waals surface area contributed by atoms with Crippen LogP contribution in [0, 0.1) is 0 Å². The van der Waals surface area contributed by atoms with E-state index in [0.29, 0.717) is 12.1 Å². The highest BCUT2D eigenvalue weighted by atomic mass is 32.2. The molecular weight excluding hydrogens is 422 g/mol. The second-order valence-electron chi connectivity index (χ2n) is 6.64. The minimum atomic E-state index is -0.679. The highest BCUT2D eigenvalue weighted by molar-refractivity contribution is 8.26. The molecule has 7 nitrogen and oxygen atoms in total. The fraction of sp³-hybridized carbons (Fsp3) is 0.143. The van der Waals surface area contributed by atoms with Crippen molar-refractivity contribution in [3.8, 4) is 5.75 Å². The Balaban J connectivity index is 1.69. The smallest absolute Gasteiger partial charge is 0.286 e. The van der Waals surface area contributed by atoms with Crippen LogP contribution in [0.4, 0.5) is 5.69 Å². The van der Waals surface area contributed by atoms with Gasteiger partial charge >= 0.3 is 0 Å². The molecule has 0 spiro atoms. The van der Waals surface area contributed by atoms with Crippen LogP contribution in [0.15, 0.2) is 53.4 Å². The largest absolute Gasteiger partial charge is 0.507 e. The van der Waals surface area contributed by atoms with Crippen LogP contribution in [0.25, 0.3) is 5.57 Å². The quantitative estimate of drug-likeness (QED) is 0.562. The number of nitrogens with one attached hydrogen (secondary N) is 1. The van der Waals surface area contributed by atoms with E-state index in [1.807, 2.05) is 25.1 Å². The number of phenols is 1. The first kappa shape index (κ1) is 20.1. The SMILES string of the molecule is CCCN1C(=O)/C(=C2/SC(=S)N(NC(=O)c3ccccc3O)C2=O)c2ccccc21. The summed E-state index contributed by atoms with van der Waals surface area (Å²) in [6, 6.07) is 13.3. The van der Waals surface area contributed by atoms with Crippen LogP contribution in [0.2, 0.25) is 0 Å². The zero-order chi connectivity index (χ0) is 21.4. The van der Waals surface area contributed by atoms with Gasteiger partial charge in [0.25, 0.3) is 17.7 Å². The number of phenolic OH excluding ortho intramolecular Hbond substituents is 1. The van der Waals surface area contributed by atoms with E-state index in [1.165, 1.54) is 12.1 Å². The number of benzene rings is 2. The molecule has 0 saturated carbocycles. The second-order valence-corrected chi connectivity index (χ2v) is 8.29. The fourth-order valence-corrected chi connectivity index (χ4v) is 4.64. The Morgan fingerprint density at radius 2 is 1.80 bits per heavy atom. The van der Waals surface area contributed by atoms with E-state index in [4.69, 9.17) is 12.2 Å². The zero-order valence-corrected chi connectivity index (χ0v) is 17.5. The molecule has 2 aliphatic rings. The summed E-state index contributed by atoms with van der Waals surface area (Å²) in [5.74, 6) is -1.73. The summed E-state index contributed by atoms with van der Waals surface area (Å²) in [5.41, 5.74) is 4.15. The number of thiocarbonyl (C=S) groups is 1. The predicted octanol–water partition coefficient (Wildman–Crippen LogP) is 3.07. The maximum Gasteiger partial charge on any atom is 0.286 e. The van der Waals surface area contributed by atoms with Crippen LogP contribution in [0.5, 0.6) is 5.75 Å². The van der Waals surface area contributed by atoms with Gasteiger partial charge in [0.1, 0.15) is 5.75 Å². The van der Waals surface area contributed by atoms with Gasteiger partial charge < -0.3 is 10.0 Å². The van der Waals surface area contributed by atoms with E-state index in [0.717, 1.165) is 28.9 Å². The van der Waals surface area contributed by atoms with Crippen molar-refractivity contribution < 1.29 is 19.5 Å². The molecule has 1 fully saturated rings. The molecule has 9 heteroatoms. The van der Waals surface area contributed by atoms with Gasteiger partial charge in [-0.25, -0.2) is 0 Å². The van der Waals surface area contributed by atoms with E-state index in [9.17, 15) is 19.5 Å². The van der Waals surface area contributed by atoms with Crippen molar-refractivity contribution in [3.05, 3.63) is 64.6 Å². The molecule has 2 aromatic rings. The molecule has 0 aliphatic carbocycles.